The number of phosphoric acid groups is 1. The first kappa shape index (κ1) is 45.5. The Labute approximate surface area is 284 Å². The lowest BCUT2D eigenvalue weighted by Crippen LogP contribution is -2.43. The number of unbranched alkanes of at least 4 members (excludes halogenated alkanes) is 21. The highest BCUT2D eigenvalue weighted by atomic mass is 31.2. The lowest BCUT2D eigenvalue weighted by molar-refractivity contribution is -0.147. The van der Waals surface area contributed by atoms with Crippen LogP contribution < -0.4 is 5.32 Å². The Bertz CT molecular complexity index is 828. The molecule has 0 aromatic rings. The number of nitrogens with one attached hydrogen (secondary N) is 1. The van der Waals surface area contributed by atoms with Crippen molar-refractivity contribution in [2.45, 2.75) is 187 Å². The molecular weight excluding hydrogens is 625 g/mol. The van der Waals surface area contributed by atoms with Crippen molar-refractivity contribution in [3.05, 3.63) is 0 Å². The van der Waals surface area contributed by atoms with Gasteiger partial charge in [0.05, 0.1) is 13.2 Å². The van der Waals surface area contributed by atoms with Crippen LogP contribution >= 0.6 is 7.82 Å². The highest BCUT2D eigenvalue weighted by Gasteiger charge is 2.28. The summed E-state index contributed by atoms with van der Waals surface area (Å²) in [6.07, 6.45) is 26.2. The second-order valence-electron chi connectivity index (χ2n) is 12.8. The fourth-order valence-electron chi connectivity index (χ4n) is 5.20. The number of hydrogen-bond donors (Lipinski definition) is 4. The Balaban J connectivity index is 3.89. The van der Waals surface area contributed by atoms with Crippen molar-refractivity contribution in [1.82, 2.24) is 5.32 Å². The molecule has 0 aromatic heterocycles. The molecule has 0 rings (SSSR count). The predicted molar refractivity (Wildman–Crippen MR) is 185 cm³/mol. The van der Waals surface area contributed by atoms with Crippen LogP contribution in [0.25, 0.3) is 0 Å². The van der Waals surface area contributed by atoms with Gasteiger partial charge in [-0.2, -0.15) is 0 Å². The summed E-state index contributed by atoms with van der Waals surface area (Å²) in [5.41, 5.74) is 0. The van der Waals surface area contributed by atoms with Crippen LogP contribution in [0, 0.1) is 0 Å². The molecule has 0 fully saturated rings. The van der Waals surface area contributed by atoms with E-state index in [9.17, 15) is 34.1 Å². The Hall–Kier alpha value is -1.52. The largest absolute Gasteiger partial charge is 0.480 e. The van der Waals surface area contributed by atoms with E-state index in [0.717, 1.165) is 44.9 Å². The number of aliphatic carboxylic acids is 1. The van der Waals surface area contributed by atoms with E-state index in [1.165, 1.54) is 89.9 Å². The Morgan fingerprint density at radius 1 is 0.596 bits per heavy atom. The normalized spacial score (nSPS) is 14.0. The zero-order valence-corrected chi connectivity index (χ0v) is 30.5. The number of phosphoric ester groups is 1. The second-order valence-corrected chi connectivity index (χ2v) is 14.2. The van der Waals surface area contributed by atoms with Gasteiger partial charge in [0.1, 0.15) is 12.7 Å². The van der Waals surface area contributed by atoms with Crippen LogP contribution in [0.3, 0.4) is 0 Å². The number of rotatable bonds is 35. The molecule has 278 valence electrons. The first-order chi connectivity index (χ1) is 22.6. The Kier molecular flexibility index (Phi) is 30.7. The van der Waals surface area contributed by atoms with Crippen molar-refractivity contribution in [3.63, 3.8) is 0 Å². The Morgan fingerprint density at radius 3 is 1.40 bits per heavy atom. The van der Waals surface area contributed by atoms with Gasteiger partial charge < -0.3 is 25.2 Å². The van der Waals surface area contributed by atoms with Crippen LogP contribution in [0.4, 0.5) is 0 Å². The molecule has 0 heterocycles. The maximum atomic E-state index is 12.2. The molecule has 0 aliphatic carbocycles. The highest BCUT2D eigenvalue weighted by molar-refractivity contribution is 7.47. The summed E-state index contributed by atoms with van der Waals surface area (Å²) < 4.78 is 26.5. The van der Waals surface area contributed by atoms with Crippen molar-refractivity contribution in [3.8, 4) is 0 Å². The van der Waals surface area contributed by atoms with E-state index >= 15 is 0 Å². The molecule has 1 amide bonds. The van der Waals surface area contributed by atoms with Gasteiger partial charge >= 0.3 is 19.8 Å². The number of carboxylic acids is 1. The van der Waals surface area contributed by atoms with E-state index in [1.807, 2.05) is 0 Å². The van der Waals surface area contributed by atoms with E-state index in [2.05, 4.69) is 19.2 Å². The molecule has 11 nitrogen and oxygen atoms in total. The van der Waals surface area contributed by atoms with E-state index in [4.69, 9.17) is 13.8 Å². The minimum absolute atomic E-state index is 0.152. The maximum Gasteiger partial charge on any atom is 0.472 e. The van der Waals surface area contributed by atoms with Crippen molar-refractivity contribution >= 4 is 25.7 Å². The van der Waals surface area contributed by atoms with Gasteiger partial charge in [-0.05, 0) is 12.8 Å². The van der Waals surface area contributed by atoms with Crippen LogP contribution in [0.2, 0.25) is 0 Å². The number of ether oxygens (including phenoxy) is 1. The molecular formula is C35H68NO10P. The number of hydrogen-bond acceptors (Lipinski definition) is 8. The Morgan fingerprint density at radius 2 is 0.979 bits per heavy atom. The zero-order valence-electron chi connectivity index (χ0n) is 29.6. The summed E-state index contributed by atoms with van der Waals surface area (Å²) in [7, 11) is -4.73. The lowest BCUT2D eigenvalue weighted by Gasteiger charge is -2.18. The molecule has 0 aliphatic rings. The maximum absolute atomic E-state index is 12.2. The lowest BCUT2D eigenvalue weighted by atomic mass is 10.0. The van der Waals surface area contributed by atoms with Crippen LogP contribution in [0.5, 0.6) is 0 Å². The van der Waals surface area contributed by atoms with Gasteiger partial charge in [-0.1, -0.05) is 149 Å². The van der Waals surface area contributed by atoms with Crippen LogP contribution in [-0.4, -0.2) is 64.9 Å². The third kappa shape index (κ3) is 31.5. The average molecular weight is 694 g/mol. The SMILES string of the molecule is CCCCCCCCCCCCCCCCCCCCC(=O)NC(COP(=O)(O)OCC(O)COC(=O)CCCCCCC)C(=O)O. The second kappa shape index (κ2) is 31.7. The van der Waals surface area contributed by atoms with E-state index in [-0.39, 0.29) is 12.8 Å². The van der Waals surface area contributed by atoms with E-state index in [0.29, 0.717) is 12.8 Å². The number of carbonyl (C=O) groups is 3. The van der Waals surface area contributed by atoms with Crippen molar-refractivity contribution in [1.29, 1.82) is 0 Å². The summed E-state index contributed by atoms with van der Waals surface area (Å²) >= 11 is 0. The quantitative estimate of drug-likeness (QED) is 0.0287. The minimum atomic E-state index is -4.73. The molecule has 4 N–H and O–H groups in total. The molecule has 47 heavy (non-hydrogen) atoms. The topological polar surface area (TPSA) is 169 Å². The van der Waals surface area contributed by atoms with Gasteiger partial charge in [0.15, 0.2) is 6.04 Å². The standard InChI is InChI=1S/C35H68NO10P/c1-3-5-7-9-10-11-12-13-14-15-16-17-18-19-20-21-23-24-26-33(38)36-32(35(40)41)30-46-47(42,43)45-29-31(37)28-44-34(39)27-25-22-8-6-4-2/h31-32,37H,3-30H2,1-2H3,(H,36,38)(H,40,41)(H,42,43). The van der Waals surface area contributed by atoms with Gasteiger partial charge in [0.25, 0.3) is 0 Å². The number of carbonyl (C=O) groups excluding carboxylic acids is 2. The molecule has 0 bridgehead atoms. The third-order valence-electron chi connectivity index (χ3n) is 8.15. The number of amides is 1. The molecule has 0 radical (unpaired) electrons. The summed E-state index contributed by atoms with van der Waals surface area (Å²) in [6, 6.07) is -1.54. The summed E-state index contributed by atoms with van der Waals surface area (Å²) in [6.45, 7) is 2.48. The van der Waals surface area contributed by atoms with Crippen LogP contribution in [0.15, 0.2) is 0 Å². The molecule has 0 aliphatic heterocycles. The summed E-state index contributed by atoms with van der Waals surface area (Å²) in [4.78, 5) is 45.4. The van der Waals surface area contributed by atoms with Crippen molar-refractivity contribution in [2.24, 2.45) is 0 Å². The zero-order chi connectivity index (χ0) is 35.0. The molecule has 3 unspecified atom stereocenters. The molecule has 12 heteroatoms. The third-order valence-corrected chi connectivity index (χ3v) is 9.10. The van der Waals surface area contributed by atoms with Gasteiger partial charge in [-0.3, -0.25) is 18.6 Å². The fraction of sp³-hybridized carbons (Fsp3) is 0.914. The van der Waals surface area contributed by atoms with Crippen molar-refractivity contribution < 1.29 is 47.8 Å². The average Bonchev–Trinajstić information content (AvgIpc) is 3.04. The fourth-order valence-corrected chi connectivity index (χ4v) is 5.97. The predicted octanol–water partition coefficient (Wildman–Crippen LogP) is 8.39. The smallest absolute Gasteiger partial charge is 0.472 e. The first-order valence-corrected chi connectivity index (χ1v) is 20.1. The van der Waals surface area contributed by atoms with Crippen molar-refractivity contribution in [2.75, 3.05) is 19.8 Å². The summed E-state index contributed by atoms with van der Waals surface area (Å²) in [5.74, 6) is -2.37. The van der Waals surface area contributed by atoms with Gasteiger partial charge in [0.2, 0.25) is 5.91 Å². The highest BCUT2D eigenvalue weighted by Crippen LogP contribution is 2.43. The van der Waals surface area contributed by atoms with E-state index in [1.54, 1.807) is 0 Å². The molecule has 0 spiro atoms. The number of esters is 1. The molecule has 3 atom stereocenters. The van der Waals surface area contributed by atoms with Gasteiger partial charge in [0, 0.05) is 12.8 Å². The number of aliphatic hydroxyl groups excluding tert-OH is 1. The summed E-state index contributed by atoms with van der Waals surface area (Å²) in [5, 5.41) is 21.6. The minimum Gasteiger partial charge on any atom is -0.480 e. The molecule has 0 aromatic carbocycles. The molecule has 0 saturated heterocycles. The number of aliphatic hydroxyl groups is 1. The van der Waals surface area contributed by atoms with Gasteiger partial charge in [-0.15, -0.1) is 0 Å². The van der Waals surface area contributed by atoms with Crippen LogP contribution in [0.1, 0.15) is 174 Å². The van der Waals surface area contributed by atoms with Crippen LogP contribution in [-0.2, 0) is 32.7 Å². The first-order valence-electron chi connectivity index (χ1n) is 18.6. The molecule has 0 saturated carbocycles. The van der Waals surface area contributed by atoms with E-state index < -0.39 is 57.6 Å². The number of carboxylic acid groups (broad SMARTS) is 1. The monoisotopic (exact) mass is 693 g/mol. The van der Waals surface area contributed by atoms with Gasteiger partial charge in [-0.25, -0.2) is 9.36 Å².